The molecular formula is C16H29NO2. The Balaban J connectivity index is 1.65. The Morgan fingerprint density at radius 1 is 1.26 bits per heavy atom. The van der Waals surface area contributed by atoms with E-state index in [0.717, 1.165) is 63.0 Å². The predicted octanol–water partition coefficient (Wildman–Crippen LogP) is 2.60. The first-order valence-electron chi connectivity index (χ1n) is 8.19. The van der Waals surface area contributed by atoms with Gasteiger partial charge in [0.2, 0.25) is 0 Å². The third-order valence-corrected chi connectivity index (χ3v) is 5.52. The quantitative estimate of drug-likeness (QED) is 0.849. The highest BCUT2D eigenvalue weighted by Crippen LogP contribution is 2.47. The van der Waals surface area contributed by atoms with E-state index < -0.39 is 0 Å². The van der Waals surface area contributed by atoms with Crippen molar-refractivity contribution in [1.82, 2.24) is 5.32 Å². The van der Waals surface area contributed by atoms with Crippen LogP contribution < -0.4 is 5.32 Å². The minimum absolute atomic E-state index is 0.146. The average molecular weight is 267 g/mol. The van der Waals surface area contributed by atoms with Crippen LogP contribution in [0, 0.1) is 17.8 Å². The number of ether oxygens (including phenoxy) is 2. The summed E-state index contributed by atoms with van der Waals surface area (Å²) in [6.45, 7) is 8.47. The molecular weight excluding hydrogens is 238 g/mol. The third-order valence-electron chi connectivity index (χ3n) is 5.52. The van der Waals surface area contributed by atoms with Gasteiger partial charge in [-0.05, 0) is 56.4 Å². The molecule has 1 N–H and O–H groups in total. The SMILES string of the molecule is CCNC(C1CCOC2(CCOCC2)C1)C1CC1C. The highest BCUT2D eigenvalue weighted by molar-refractivity contribution is 5.00. The van der Waals surface area contributed by atoms with Gasteiger partial charge in [0.1, 0.15) is 0 Å². The number of hydrogen-bond donors (Lipinski definition) is 1. The second kappa shape index (κ2) is 5.71. The van der Waals surface area contributed by atoms with Gasteiger partial charge in [-0.2, -0.15) is 0 Å². The maximum Gasteiger partial charge on any atom is 0.0729 e. The lowest BCUT2D eigenvalue weighted by Crippen LogP contribution is -2.50. The first kappa shape index (κ1) is 13.8. The fourth-order valence-corrected chi connectivity index (χ4v) is 4.22. The molecule has 0 aromatic carbocycles. The molecule has 0 aromatic heterocycles. The molecule has 1 spiro atoms. The lowest BCUT2D eigenvalue weighted by atomic mass is 9.76. The smallest absolute Gasteiger partial charge is 0.0729 e. The van der Waals surface area contributed by atoms with E-state index in [0.29, 0.717) is 0 Å². The van der Waals surface area contributed by atoms with Crippen LogP contribution in [0.25, 0.3) is 0 Å². The molecule has 0 bridgehead atoms. The summed E-state index contributed by atoms with van der Waals surface area (Å²) in [6.07, 6.45) is 6.11. The van der Waals surface area contributed by atoms with E-state index in [9.17, 15) is 0 Å². The first-order chi connectivity index (χ1) is 9.24. The van der Waals surface area contributed by atoms with Crippen molar-refractivity contribution in [2.45, 2.75) is 57.6 Å². The molecule has 3 fully saturated rings. The number of rotatable bonds is 4. The van der Waals surface area contributed by atoms with E-state index in [-0.39, 0.29) is 5.60 Å². The molecule has 3 nitrogen and oxygen atoms in total. The molecule has 0 radical (unpaired) electrons. The lowest BCUT2D eigenvalue weighted by molar-refractivity contribution is -0.150. The van der Waals surface area contributed by atoms with Crippen LogP contribution in [0.5, 0.6) is 0 Å². The molecule has 2 heterocycles. The lowest BCUT2D eigenvalue weighted by Gasteiger charge is -2.45. The van der Waals surface area contributed by atoms with Crippen molar-refractivity contribution >= 4 is 0 Å². The molecule has 3 heteroatoms. The molecule has 2 saturated heterocycles. The Morgan fingerprint density at radius 2 is 2.00 bits per heavy atom. The fourth-order valence-electron chi connectivity index (χ4n) is 4.22. The molecule has 2 aliphatic heterocycles. The van der Waals surface area contributed by atoms with Gasteiger partial charge in [0, 0.05) is 25.9 Å². The van der Waals surface area contributed by atoms with Crippen LogP contribution in [0.1, 0.15) is 46.0 Å². The van der Waals surface area contributed by atoms with Crippen LogP contribution in [0.4, 0.5) is 0 Å². The second-order valence-corrected chi connectivity index (χ2v) is 6.86. The Morgan fingerprint density at radius 3 is 2.63 bits per heavy atom. The van der Waals surface area contributed by atoms with Gasteiger partial charge in [-0.25, -0.2) is 0 Å². The number of hydrogen-bond acceptors (Lipinski definition) is 3. The third kappa shape index (κ3) is 2.98. The Kier molecular flexibility index (Phi) is 4.16. The Bertz CT molecular complexity index is 296. The van der Waals surface area contributed by atoms with E-state index in [2.05, 4.69) is 19.2 Å². The van der Waals surface area contributed by atoms with Gasteiger partial charge in [0.25, 0.3) is 0 Å². The molecule has 0 amide bonds. The van der Waals surface area contributed by atoms with Crippen LogP contribution >= 0.6 is 0 Å². The van der Waals surface area contributed by atoms with Crippen LogP contribution in [-0.2, 0) is 9.47 Å². The molecule has 110 valence electrons. The van der Waals surface area contributed by atoms with Gasteiger partial charge in [0.05, 0.1) is 5.60 Å². The first-order valence-corrected chi connectivity index (χ1v) is 8.19. The van der Waals surface area contributed by atoms with E-state index in [1.807, 2.05) is 0 Å². The summed E-state index contributed by atoms with van der Waals surface area (Å²) in [7, 11) is 0. The van der Waals surface area contributed by atoms with Crippen molar-refractivity contribution in [3.05, 3.63) is 0 Å². The zero-order chi connectivity index (χ0) is 13.3. The molecule has 3 rings (SSSR count). The van der Waals surface area contributed by atoms with Gasteiger partial charge in [-0.3, -0.25) is 0 Å². The Hall–Kier alpha value is -0.120. The molecule has 1 saturated carbocycles. The van der Waals surface area contributed by atoms with Crippen LogP contribution in [0.15, 0.2) is 0 Å². The monoisotopic (exact) mass is 267 g/mol. The summed E-state index contributed by atoms with van der Waals surface area (Å²) in [5.74, 6) is 2.65. The van der Waals surface area contributed by atoms with E-state index >= 15 is 0 Å². The maximum absolute atomic E-state index is 6.18. The maximum atomic E-state index is 6.18. The summed E-state index contributed by atoms with van der Waals surface area (Å²) < 4.78 is 11.7. The van der Waals surface area contributed by atoms with Gasteiger partial charge < -0.3 is 14.8 Å². The van der Waals surface area contributed by atoms with Crippen molar-refractivity contribution in [3.8, 4) is 0 Å². The van der Waals surface area contributed by atoms with Crippen LogP contribution in [-0.4, -0.2) is 38.0 Å². The van der Waals surface area contributed by atoms with Crippen molar-refractivity contribution in [1.29, 1.82) is 0 Å². The minimum atomic E-state index is 0.146. The van der Waals surface area contributed by atoms with Crippen LogP contribution in [0.3, 0.4) is 0 Å². The zero-order valence-electron chi connectivity index (χ0n) is 12.5. The highest BCUT2D eigenvalue weighted by Gasteiger charge is 2.47. The highest BCUT2D eigenvalue weighted by atomic mass is 16.5. The van der Waals surface area contributed by atoms with Gasteiger partial charge in [-0.1, -0.05) is 13.8 Å². The van der Waals surface area contributed by atoms with E-state index in [1.54, 1.807) is 0 Å². The standard InChI is InChI=1S/C16H29NO2/c1-3-17-15(14-10-12(14)2)13-4-7-19-16(11-13)5-8-18-9-6-16/h12-15,17H,3-11H2,1-2H3. The normalized spacial score (nSPS) is 39.2. The van der Waals surface area contributed by atoms with Crippen molar-refractivity contribution in [2.24, 2.45) is 17.8 Å². The zero-order valence-corrected chi connectivity index (χ0v) is 12.5. The molecule has 19 heavy (non-hydrogen) atoms. The summed E-state index contributed by atoms with van der Waals surface area (Å²) in [6, 6.07) is 0.726. The average Bonchev–Trinajstić information content (AvgIpc) is 3.14. The van der Waals surface area contributed by atoms with E-state index in [4.69, 9.17) is 9.47 Å². The summed E-state index contributed by atoms with van der Waals surface area (Å²) in [5.41, 5.74) is 0.146. The Labute approximate surface area is 117 Å². The van der Waals surface area contributed by atoms with Gasteiger partial charge in [-0.15, -0.1) is 0 Å². The second-order valence-electron chi connectivity index (χ2n) is 6.86. The topological polar surface area (TPSA) is 30.5 Å². The summed E-state index contributed by atoms with van der Waals surface area (Å²) in [5, 5.41) is 3.78. The van der Waals surface area contributed by atoms with Gasteiger partial charge >= 0.3 is 0 Å². The summed E-state index contributed by atoms with van der Waals surface area (Å²) >= 11 is 0. The van der Waals surface area contributed by atoms with Crippen molar-refractivity contribution in [3.63, 3.8) is 0 Å². The number of nitrogens with one attached hydrogen (secondary N) is 1. The fraction of sp³-hybridized carbons (Fsp3) is 1.00. The molecule has 4 atom stereocenters. The van der Waals surface area contributed by atoms with E-state index in [1.165, 1.54) is 19.3 Å². The van der Waals surface area contributed by atoms with Gasteiger partial charge in [0.15, 0.2) is 0 Å². The van der Waals surface area contributed by atoms with Crippen molar-refractivity contribution < 1.29 is 9.47 Å². The predicted molar refractivity (Wildman–Crippen MR) is 76.2 cm³/mol. The summed E-state index contributed by atoms with van der Waals surface area (Å²) in [4.78, 5) is 0. The molecule has 3 aliphatic rings. The molecule has 1 aliphatic carbocycles. The molecule has 0 aromatic rings. The minimum Gasteiger partial charge on any atom is -0.381 e. The largest absolute Gasteiger partial charge is 0.381 e. The molecule has 4 unspecified atom stereocenters. The van der Waals surface area contributed by atoms with Crippen LogP contribution in [0.2, 0.25) is 0 Å². The van der Waals surface area contributed by atoms with Crippen molar-refractivity contribution in [2.75, 3.05) is 26.4 Å².